The largest absolute Gasteiger partial charge is 0.390 e. The Kier molecular flexibility index (Phi) is 7.89. The van der Waals surface area contributed by atoms with Crippen LogP contribution in [0.5, 0.6) is 0 Å². The molecular formula is C26H29F4N7O2. The number of urea groups is 1. The number of halogens is 4. The monoisotopic (exact) mass is 547 g/mol. The Bertz CT molecular complexity index is 1370. The van der Waals surface area contributed by atoms with Gasteiger partial charge in [0, 0.05) is 31.6 Å². The molecule has 208 valence electrons. The van der Waals surface area contributed by atoms with Crippen LogP contribution in [0, 0.1) is 12.7 Å². The van der Waals surface area contributed by atoms with Gasteiger partial charge in [-0.1, -0.05) is 6.07 Å². The lowest BCUT2D eigenvalue weighted by molar-refractivity contribution is -0.136. The smallest absolute Gasteiger partial charge is 0.335 e. The Morgan fingerprint density at radius 3 is 2.67 bits per heavy atom. The maximum absolute atomic E-state index is 14.8. The second-order valence-electron chi connectivity index (χ2n) is 9.89. The Morgan fingerprint density at radius 1 is 1.23 bits per heavy atom. The zero-order valence-corrected chi connectivity index (χ0v) is 21.9. The molecule has 13 heteroatoms. The molecular weight excluding hydrogens is 518 g/mol. The normalized spacial score (nSPS) is 16.7. The number of carbonyl (C=O) groups is 2. The third-order valence-electron chi connectivity index (χ3n) is 6.53. The van der Waals surface area contributed by atoms with Crippen LogP contribution in [0.25, 0.3) is 11.5 Å². The number of hydrogen-bond donors (Lipinski definition) is 2. The van der Waals surface area contributed by atoms with Crippen LogP contribution >= 0.6 is 0 Å². The van der Waals surface area contributed by atoms with Gasteiger partial charge in [0.25, 0.3) is 5.91 Å². The van der Waals surface area contributed by atoms with E-state index in [4.69, 9.17) is 0 Å². The molecule has 3 aromatic rings. The topological polar surface area (TPSA) is 105 Å². The van der Waals surface area contributed by atoms with Crippen molar-refractivity contribution in [3.8, 4) is 11.5 Å². The number of anilines is 1. The highest BCUT2D eigenvalue weighted by atomic mass is 19.4. The van der Waals surface area contributed by atoms with E-state index >= 15 is 0 Å². The second kappa shape index (κ2) is 11.0. The minimum absolute atomic E-state index is 0.0893. The Balaban J connectivity index is 1.45. The molecule has 1 aromatic carbocycles. The van der Waals surface area contributed by atoms with Gasteiger partial charge in [0.2, 0.25) is 0 Å². The first-order chi connectivity index (χ1) is 18.3. The van der Waals surface area contributed by atoms with Crippen molar-refractivity contribution in [2.45, 2.75) is 57.8 Å². The summed E-state index contributed by atoms with van der Waals surface area (Å²) < 4.78 is 54.0. The Hall–Kier alpha value is -4.03. The van der Waals surface area contributed by atoms with Crippen LogP contribution in [0.3, 0.4) is 0 Å². The number of aromatic nitrogens is 4. The number of rotatable bonds is 8. The minimum Gasteiger partial charge on any atom is -0.335 e. The van der Waals surface area contributed by atoms with Gasteiger partial charge in [-0.15, -0.1) is 10.2 Å². The number of alkyl halides is 3. The summed E-state index contributed by atoms with van der Waals surface area (Å²) in [6.07, 6.45) is -3.35. The number of nitrogens with zero attached hydrogens (tertiary/aromatic N) is 5. The molecule has 9 nitrogen and oxygen atoms in total. The van der Waals surface area contributed by atoms with Crippen LogP contribution in [-0.4, -0.2) is 62.4 Å². The predicted molar refractivity (Wildman–Crippen MR) is 136 cm³/mol. The lowest BCUT2D eigenvalue weighted by Crippen LogP contribution is -2.40. The quantitative estimate of drug-likeness (QED) is 0.383. The number of benzene rings is 1. The van der Waals surface area contributed by atoms with Crippen LogP contribution in [0.1, 0.15) is 60.1 Å². The molecule has 1 saturated carbocycles. The van der Waals surface area contributed by atoms with Gasteiger partial charge in [0.1, 0.15) is 23.7 Å². The molecule has 39 heavy (non-hydrogen) atoms. The lowest BCUT2D eigenvalue weighted by atomic mass is 9.99. The second-order valence-corrected chi connectivity index (χ2v) is 9.89. The van der Waals surface area contributed by atoms with Crippen molar-refractivity contribution in [1.29, 1.82) is 0 Å². The molecule has 2 N–H and O–H groups in total. The van der Waals surface area contributed by atoms with Crippen molar-refractivity contribution in [3.63, 3.8) is 0 Å². The molecule has 2 heterocycles. The van der Waals surface area contributed by atoms with Crippen molar-refractivity contribution in [1.82, 2.24) is 30.0 Å². The van der Waals surface area contributed by atoms with Gasteiger partial charge in [0.05, 0.1) is 12.0 Å². The van der Waals surface area contributed by atoms with Gasteiger partial charge >= 0.3 is 12.2 Å². The average molecular weight is 548 g/mol. The molecule has 0 saturated heterocycles. The first kappa shape index (κ1) is 28.0. The Morgan fingerprint density at radius 2 is 1.97 bits per heavy atom. The predicted octanol–water partition coefficient (Wildman–Crippen LogP) is 5.07. The van der Waals surface area contributed by atoms with Crippen molar-refractivity contribution >= 4 is 17.8 Å². The summed E-state index contributed by atoms with van der Waals surface area (Å²) in [5.74, 6) is -0.873. The molecule has 1 aliphatic rings. The first-order valence-corrected chi connectivity index (χ1v) is 12.4. The number of pyridine rings is 1. The Labute approximate surface area is 222 Å². The van der Waals surface area contributed by atoms with Crippen LogP contribution in [0.2, 0.25) is 0 Å². The maximum Gasteiger partial charge on any atom is 0.390 e. The van der Waals surface area contributed by atoms with Crippen molar-refractivity contribution in [3.05, 3.63) is 59.2 Å². The van der Waals surface area contributed by atoms with Crippen LogP contribution in [0.15, 0.2) is 36.7 Å². The van der Waals surface area contributed by atoms with Crippen molar-refractivity contribution < 1.29 is 27.2 Å². The summed E-state index contributed by atoms with van der Waals surface area (Å²) in [6.45, 7) is 5.18. The van der Waals surface area contributed by atoms with E-state index in [0.29, 0.717) is 29.1 Å². The molecule has 0 spiro atoms. The molecule has 2 unspecified atom stereocenters. The average Bonchev–Trinajstić information content (AvgIpc) is 3.41. The third-order valence-corrected chi connectivity index (χ3v) is 6.53. The lowest BCUT2D eigenvalue weighted by Gasteiger charge is -2.19. The van der Waals surface area contributed by atoms with Gasteiger partial charge in [-0.05, 0) is 62.6 Å². The van der Waals surface area contributed by atoms with Crippen LogP contribution < -0.4 is 10.6 Å². The van der Waals surface area contributed by atoms with Gasteiger partial charge < -0.3 is 20.1 Å². The number of carbonyl (C=O) groups excluding carboxylic acids is 2. The van der Waals surface area contributed by atoms with Gasteiger partial charge in [-0.2, -0.15) is 13.2 Å². The van der Waals surface area contributed by atoms with E-state index in [1.807, 2.05) is 18.4 Å². The van der Waals surface area contributed by atoms with E-state index in [-0.39, 0.29) is 29.4 Å². The summed E-state index contributed by atoms with van der Waals surface area (Å²) in [5, 5.41) is 13.4. The molecule has 0 radical (unpaired) electrons. The van der Waals surface area contributed by atoms with E-state index in [2.05, 4.69) is 25.8 Å². The standard InChI is InChI=1S/C26H29F4N7O2/c1-14(2)37-13-31-35-23(37)20-6-5-7-22(32-20)34-24(38)18-11-16(15(3)10-19(18)27)17-12-21(17)33-25(39)36(4)9-8-26(28,29)30/h5-7,10-11,13-14,17,21H,8-9,12H2,1-4H3,(H,33,39)(H,32,34,38). The maximum atomic E-state index is 14.8. The number of nitrogens with one attached hydrogen (secondary N) is 2. The highest BCUT2D eigenvalue weighted by Crippen LogP contribution is 2.43. The molecule has 2 atom stereocenters. The van der Waals surface area contributed by atoms with Gasteiger partial charge in [-0.3, -0.25) is 4.79 Å². The van der Waals surface area contributed by atoms with E-state index in [1.54, 1.807) is 31.5 Å². The number of hydrogen-bond acceptors (Lipinski definition) is 5. The summed E-state index contributed by atoms with van der Waals surface area (Å²) in [5.41, 5.74) is 1.58. The molecule has 4 rings (SSSR count). The van der Waals surface area contributed by atoms with Gasteiger partial charge in [0.15, 0.2) is 5.82 Å². The fourth-order valence-corrected chi connectivity index (χ4v) is 4.24. The van der Waals surface area contributed by atoms with E-state index in [0.717, 1.165) is 4.90 Å². The van der Waals surface area contributed by atoms with Crippen LogP contribution in [-0.2, 0) is 0 Å². The van der Waals surface area contributed by atoms with Crippen molar-refractivity contribution in [2.75, 3.05) is 18.9 Å². The SMILES string of the molecule is Cc1cc(F)c(C(=O)Nc2cccc(-c3nncn3C(C)C)n2)cc1C1CC1NC(=O)N(C)CCC(F)(F)F. The number of aryl methyl sites for hydroxylation is 1. The van der Waals surface area contributed by atoms with E-state index < -0.39 is 36.9 Å². The molecule has 1 aliphatic carbocycles. The highest BCUT2D eigenvalue weighted by molar-refractivity contribution is 6.04. The fraction of sp³-hybridized carbons (Fsp3) is 0.423. The number of amides is 3. The van der Waals surface area contributed by atoms with E-state index in [1.165, 1.54) is 19.2 Å². The summed E-state index contributed by atoms with van der Waals surface area (Å²) in [6, 6.07) is 6.84. The highest BCUT2D eigenvalue weighted by Gasteiger charge is 2.41. The molecule has 0 bridgehead atoms. The van der Waals surface area contributed by atoms with E-state index in [9.17, 15) is 27.2 Å². The van der Waals surface area contributed by atoms with Crippen molar-refractivity contribution in [2.24, 2.45) is 0 Å². The summed E-state index contributed by atoms with van der Waals surface area (Å²) in [4.78, 5) is 30.7. The summed E-state index contributed by atoms with van der Waals surface area (Å²) >= 11 is 0. The minimum atomic E-state index is -4.36. The van der Waals surface area contributed by atoms with Gasteiger partial charge in [-0.25, -0.2) is 14.2 Å². The fourth-order valence-electron chi connectivity index (χ4n) is 4.24. The molecule has 2 aromatic heterocycles. The third kappa shape index (κ3) is 6.70. The zero-order valence-electron chi connectivity index (χ0n) is 21.9. The molecule has 0 aliphatic heterocycles. The summed E-state index contributed by atoms with van der Waals surface area (Å²) in [7, 11) is 1.29. The van der Waals surface area contributed by atoms with Crippen LogP contribution in [0.4, 0.5) is 28.2 Å². The zero-order chi connectivity index (χ0) is 28.5. The molecule has 3 amide bonds. The molecule has 1 fully saturated rings. The first-order valence-electron chi connectivity index (χ1n) is 12.4.